The summed E-state index contributed by atoms with van der Waals surface area (Å²) in [6.45, 7) is 5.65. The van der Waals surface area contributed by atoms with Gasteiger partial charge in [0.2, 0.25) is 5.91 Å². The molecule has 116 valence electrons. The van der Waals surface area contributed by atoms with E-state index in [4.69, 9.17) is 0 Å². The zero-order valence-corrected chi connectivity index (χ0v) is 12.5. The number of anilines is 2. The molecule has 1 aliphatic heterocycles. The minimum Gasteiger partial charge on any atom is -0.369 e. The molecule has 0 atom stereocenters. The Morgan fingerprint density at radius 2 is 1.91 bits per heavy atom. The monoisotopic (exact) mass is 301 g/mol. The Bertz CT molecular complexity index is 620. The quantitative estimate of drug-likeness (QED) is 0.913. The number of para-hydroxylation sites is 1. The molecule has 1 fully saturated rings. The van der Waals surface area contributed by atoms with E-state index in [1.54, 1.807) is 6.92 Å². The maximum Gasteiger partial charge on any atom is 0.239 e. The van der Waals surface area contributed by atoms with Crippen molar-refractivity contribution in [1.82, 2.24) is 15.2 Å². The second kappa shape index (κ2) is 6.57. The summed E-state index contributed by atoms with van der Waals surface area (Å²) in [5, 5.41) is 10.0. The van der Waals surface area contributed by atoms with Crippen molar-refractivity contribution in [2.24, 2.45) is 0 Å². The molecular formula is C15H19N5O2. The van der Waals surface area contributed by atoms with Crippen LogP contribution in [0.4, 0.5) is 11.5 Å². The Morgan fingerprint density at radius 1 is 1.18 bits per heavy atom. The van der Waals surface area contributed by atoms with Crippen molar-refractivity contribution < 1.29 is 9.42 Å². The Balaban J connectivity index is 1.48. The predicted molar refractivity (Wildman–Crippen MR) is 82.8 cm³/mol. The van der Waals surface area contributed by atoms with E-state index >= 15 is 0 Å². The fraction of sp³-hybridized carbons (Fsp3) is 0.400. The largest absolute Gasteiger partial charge is 0.369 e. The summed E-state index contributed by atoms with van der Waals surface area (Å²) in [5.74, 6) is 0.305. The van der Waals surface area contributed by atoms with Gasteiger partial charge in [0.15, 0.2) is 5.82 Å². The minimum atomic E-state index is -0.0908. The normalized spacial score (nSPS) is 15.8. The summed E-state index contributed by atoms with van der Waals surface area (Å²) in [4.78, 5) is 16.5. The smallest absolute Gasteiger partial charge is 0.239 e. The molecule has 1 saturated heterocycles. The molecule has 0 bridgehead atoms. The van der Waals surface area contributed by atoms with Gasteiger partial charge in [-0.25, -0.2) is 4.63 Å². The molecule has 22 heavy (non-hydrogen) atoms. The van der Waals surface area contributed by atoms with Gasteiger partial charge in [0.1, 0.15) is 5.69 Å². The molecule has 7 nitrogen and oxygen atoms in total. The molecule has 1 aromatic carbocycles. The number of rotatable bonds is 4. The predicted octanol–water partition coefficient (Wildman–Crippen LogP) is 1.14. The van der Waals surface area contributed by atoms with Crippen molar-refractivity contribution >= 4 is 17.4 Å². The number of carbonyl (C=O) groups excluding carboxylic acids is 1. The molecule has 1 amide bonds. The van der Waals surface area contributed by atoms with E-state index in [0.717, 1.165) is 26.2 Å². The third-order valence-corrected chi connectivity index (χ3v) is 3.77. The number of hydrogen-bond donors (Lipinski definition) is 1. The molecule has 1 aromatic heterocycles. The zero-order chi connectivity index (χ0) is 15.4. The van der Waals surface area contributed by atoms with E-state index in [9.17, 15) is 4.79 Å². The average Bonchev–Trinajstić information content (AvgIpc) is 2.94. The van der Waals surface area contributed by atoms with Crippen LogP contribution in [-0.4, -0.2) is 53.8 Å². The Morgan fingerprint density at radius 3 is 2.55 bits per heavy atom. The van der Waals surface area contributed by atoms with Gasteiger partial charge in [-0.2, -0.15) is 0 Å². The van der Waals surface area contributed by atoms with Crippen LogP contribution in [0, 0.1) is 6.92 Å². The first-order valence-electron chi connectivity index (χ1n) is 7.34. The zero-order valence-electron chi connectivity index (χ0n) is 12.5. The van der Waals surface area contributed by atoms with E-state index in [1.807, 2.05) is 18.2 Å². The third kappa shape index (κ3) is 3.43. The number of aryl methyl sites for hydroxylation is 1. The Labute approximate surface area is 128 Å². The molecule has 1 aliphatic rings. The van der Waals surface area contributed by atoms with Crippen molar-refractivity contribution in [3.05, 3.63) is 36.0 Å². The van der Waals surface area contributed by atoms with Gasteiger partial charge in [0.05, 0.1) is 6.54 Å². The molecule has 0 saturated carbocycles. The first-order chi connectivity index (χ1) is 10.7. The van der Waals surface area contributed by atoms with E-state index < -0.39 is 0 Å². The first-order valence-corrected chi connectivity index (χ1v) is 7.34. The Kier molecular flexibility index (Phi) is 4.34. The lowest BCUT2D eigenvalue weighted by Gasteiger charge is -2.35. The minimum absolute atomic E-state index is 0.0908. The molecule has 0 radical (unpaired) electrons. The number of aromatic nitrogens is 2. The van der Waals surface area contributed by atoms with Gasteiger partial charge in [0.25, 0.3) is 0 Å². The van der Waals surface area contributed by atoms with Crippen LogP contribution in [0.2, 0.25) is 0 Å². The number of hydrogen-bond acceptors (Lipinski definition) is 6. The lowest BCUT2D eigenvalue weighted by Crippen LogP contribution is -2.48. The van der Waals surface area contributed by atoms with Gasteiger partial charge in [-0.15, -0.1) is 0 Å². The lowest BCUT2D eigenvalue weighted by molar-refractivity contribution is -0.117. The average molecular weight is 301 g/mol. The second-order valence-electron chi connectivity index (χ2n) is 5.35. The van der Waals surface area contributed by atoms with Crippen LogP contribution in [-0.2, 0) is 4.79 Å². The number of carbonyl (C=O) groups is 1. The fourth-order valence-electron chi connectivity index (χ4n) is 2.52. The highest BCUT2D eigenvalue weighted by atomic mass is 16.6. The maximum absolute atomic E-state index is 12.0. The third-order valence-electron chi connectivity index (χ3n) is 3.77. The van der Waals surface area contributed by atoms with Crippen LogP contribution in [0.1, 0.15) is 5.69 Å². The molecule has 2 aromatic rings. The maximum atomic E-state index is 12.0. The molecule has 7 heteroatoms. The standard InChI is InChI=1S/C15H19N5O2/c1-12-15(18-22-17-12)16-14(21)11-19-7-9-20(10-8-19)13-5-3-2-4-6-13/h2-6H,7-11H2,1H3,(H,16,18,21). The molecular weight excluding hydrogens is 282 g/mol. The van der Waals surface area contributed by atoms with Crippen molar-refractivity contribution in [1.29, 1.82) is 0 Å². The van der Waals surface area contributed by atoms with Gasteiger partial charge >= 0.3 is 0 Å². The molecule has 0 spiro atoms. The summed E-state index contributed by atoms with van der Waals surface area (Å²) >= 11 is 0. The first kappa shape index (κ1) is 14.5. The summed E-state index contributed by atoms with van der Waals surface area (Å²) in [7, 11) is 0. The molecule has 1 N–H and O–H groups in total. The van der Waals surface area contributed by atoms with E-state index in [1.165, 1.54) is 5.69 Å². The second-order valence-corrected chi connectivity index (χ2v) is 5.35. The number of amides is 1. The summed E-state index contributed by atoms with van der Waals surface area (Å²) in [6, 6.07) is 10.3. The van der Waals surface area contributed by atoms with Gasteiger partial charge in [-0.1, -0.05) is 23.4 Å². The van der Waals surface area contributed by atoms with E-state index in [0.29, 0.717) is 18.1 Å². The van der Waals surface area contributed by atoms with Crippen molar-refractivity contribution in [2.45, 2.75) is 6.92 Å². The van der Waals surface area contributed by atoms with Crippen LogP contribution in [0.15, 0.2) is 35.0 Å². The van der Waals surface area contributed by atoms with Crippen molar-refractivity contribution in [3.63, 3.8) is 0 Å². The van der Waals surface area contributed by atoms with Crippen LogP contribution in [0.3, 0.4) is 0 Å². The lowest BCUT2D eigenvalue weighted by atomic mass is 10.2. The van der Waals surface area contributed by atoms with E-state index in [-0.39, 0.29) is 5.91 Å². The summed E-state index contributed by atoms with van der Waals surface area (Å²) in [6.07, 6.45) is 0. The number of nitrogens with zero attached hydrogens (tertiary/aromatic N) is 4. The van der Waals surface area contributed by atoms with Gasteiger partial charge in [-0.05, 0) is 24.2 Å². The number of benzene rings is 1. The van der Waals surface area contributed by atoms with Gasteiger partial charge in [-0.3, -0.25) is 9.69 Å². The summed E-state index contributed by atoms with van der Waals surface area (Å²) < 4.78 is 4.56. The van der Waals surface area contributed by atoms with Crippen molar-refractivity contribution in [2.75, 3.05) is 42.9 Å². The highest BCUT2D eigenvalue weighted by molar-refractivity contribution is 5.91. The topological polar surface area (TPSA) is 74.5 Å². The number of nitrogens with one attached hydrogen (secondary N) is 1. The highest BCUT2D eigenvalue weighted by Gasteiger charge is 2.20. The van der Waals surface area contributed by atoms with Gasteiger partial charge in [0, 0.05) is 31.9 Å². The van der Waals surface area contributed by atoms with Gasteiger partial charge < -0.3 is 10.2 Å². The SMILES string of the molecule is Cc1nonc1NC(=O)CN1CCN(c2ccccc2)CC1. The summed E-state index contributed by atoms with van der Waals surface area (Å²) in [5.41, 5.74) is 1.82. The van der Waals surface area contributed by atoms with Crippen molar-refractivity contribution in [3.8, 4) is 0 Å². The van der Waals surface area contributed by atoms with Crippen LogP contribution in [0.25, 0.3) is 0 Å². The molecule has 0 unspecified atom stereocenters. The highest BCUT2D eigenvalue weighted by Crippen LogP contribution is 2.15. The van der Waals surface area contributed by atoms with Crippen LogP contribution < -0.4 is 10.2 Å². The van der Waals surface area contributed by atoms with E-state index in [2.05, 4.69) is 42.2 Å². The Hall–Kier alpha value is -2.41. The number of piperazine rings is 1. The van der Waals surface area contributed by atoms with Crippen LogP contribution >= 0.6 is 0 Å². The molecule has 0 aliphatic carbocycles. The van der Waals surface area contributed by atoms with Crippen LogP contribution in [0.5, 0.6) is 0 Å². The molecule has 3 rings (SSSR count). The molecule has 2 heterocycles. The fourth-order valence-corrected chi connectivity index (χ4v) is 2.52.